The van der Waals surface area contributed by atoms with Gasteiger partial charge in [-0.1, -0.05) is 48.5 Å². The molecule has 0 saturated carbocycles. The molecule has 0 aliphatic rings. The fourth-order valence-electron chi connectivity index (χ4n) is 3.03. The van der Waals surface area contributed by atoms with Crippen molar-refractivity contribution in [2.75, 3.05) is 5.32 Å². The lowest BCUT2D eigenvalue weighted by atomic mass is 10.1. The van der Waals surface area contributed by atoms with Crippen LogP contribution >= 0.6 is 0 Å². The summed E-state index contributed by atoms with van der Waals surface area (Å²) < 4.78 is 6.00. The summed E-state index contributed by atoms with van der Waals surface area (Å²) in [6, 6.07) is 24.9. The average molecular weight is 368 g/mol. The lowest BCUT2D eigenvalue weighted by Gasteiger charge is -2.09. The lowest BCUT2D eigenvalue weighted by molar-refractivity contribution is 0.102. The minimum Gasteiger partial charge on any atom is -0.438 e. The molecule has 0 unspecified atom stereocenters. The van der Waals surface area contributed by atoms with Crippen molar-refractivity contribution >= 4 is 28.3 Å². The van der Waals surface area contributed by atoms with Crippen LogP contribution in [-0.2, 0) is 0 Å². The molecular formula is C24H20N2O2. The molecule has 1 amide bonds. The van der Waals surface area contributed by atoms with Crippen molar-refractivity contribution in [2.24, 2.45) is 4.99 Å². The van der Waals surface area contributed by atoms with Gasteiger partial charge in [-0.3, -0.25) is 4.79 Å². The molecule has 138 valence electrons. The zero-order valence-corrected chi connectivity index (χ0v) is 15.8. The first-order valence-corrected chi connectivity index (χ1v) is 9.11. The number of para-hydroxylation sites is 2. The van der Waals surface area contributed by atoms with E-state index in [1.54, 1.807) is 0 Å². The van der Waals surface area contributed by atoms with E-state index in [9.17, 15) is 4.79 Å². The van der Waals surface area contributed by atoms with Crippen LogP contribution < -0.4 is 10.9 Å². The average Bonchev–Trinajstić information content (AvgIpc) is 2.69. The van der Waals surface area contributed by atoms with Gasteiger partial charge in [-0.25, -0.2) is 4.99 Å². The third-order valence-corrected chi connectivity index (χ3v) is 4.53. The summed E-state index contributed by atoms with van der Waals surface area (Å²) in [7, 11) is 0. The second kappa shape index (κ2) is 7.53. The topological polar surface area (TPSA) is 54.6 Å². The smallest absolute Gasteiger partial charge is 0.261 e. The van der Waals surface area contributed by atoms with E-state index < -0.39 is 0 Å². The number of nitrogens with zero attached hydrogens (tertiary/aromatic N) is 1. The van der Waals surface area contributed by atoms with E-state index in [1.807, 2.05) is 92.7 Å². The van der Waals surface area contributed by atoms with E-state index >= 15 is 0 Å². The molecule has 0 aliphatic heterocycles. The Balaban J connectivity index is 1.86. The van der Waals surface area contributed by atoms with Crippen LogP contribution in [0.4, 0.5) is 11.4 Å². The summed E-state index contributed by atoms with van der Waals surface area (Å²) in [6.07, 6.45) is 0. The highest BCUT2D eigenvalue weighted by Gasteiger charge is 2.14. The van der Waals surface area contributed by atoms with Crippen LogP contribution in [0.25, 0.3) is 11.0 Å². The maximum atomic E-state index is 13.1. The largest absolute Gasteiger partial charge is 0.438 e. The van der Waals surface area contributed by atoms with E-state index in [1.165, 1.54) is 0 Å². The van der Waals surface area contributed by atoms with Crippen molar-refractivity contribution in [1.82, 2.24) is 0 Å². The van der Waals surface area contributed by atoms with E-state index in [4.69, 9.17) is 4.42 Å². The molecule has 0 bridgehead atoms. The predicted octanol–water partition coefficient (Wildman–Crippen LogP) is 5.53. The summed E-state index contributed by atoms with van der Waals surface area (Å²) >= 11 is 0. The number of aryl methyl sites for hydroxylation is 2. The van der Waals surface area contributed by atoms with Gasteiger partial charge in [0, 0.05) is 11.1 Å². The standard InChI is InChI=1S/C24H20N2O2/c1-16-8-7-11-19(14-16)25-24-20(15-18-10-4-6-13-22(18)28-24)23(27)26-21-12-5-3-9-17(21)2/h3-15H,1-2H3,(H,26,27). The number of amides is 1. The first kappa shape index (κ1) is 17.7. The summed E-state index contributed by atoms with van der Waals surface area (Å²) in [5.74, 6) is -0.254. The third kappa shape index (κ3) is 3.71. The molecule has 4 nitrogen and oxygen atoms in total. The van der Waals surface area contributed by atoms with Gasteiger partial charge in [0.2, 0.25) is 5.55 Å². The maximum absolute atomic E-state index is 13.1. The fraction of sp³-hybridized carbons (Fsp3) is 0.0833. The molecule has 4 heteroatoms. The highest BCUT2D eigenvalue weighted by Crippen LogP contribution is 2.18. The number of fused-ring (bicyclic) bond motifs is 1. The Kier molecular flexibility index (Phi) is 4.77. The Morgan fingerprint density at radius 1 is 0.893 bits per heavy atom. The SMILES string of the molecule is Cc1cccc(N=c2oc3ccccc3cc2C(=O)Nc2ccccc2C)c1. The van der Waals surface area contributed by atoms with Gasteiger partial charge in [0.05, 0.1) is 5.69 Å². The third-order valence-electron chi connectivity index (χ3n) is 4.53. The van der Waals surface area contributed by atoms with Crippen LogP contribution in [0.5, 0.6) is 0 Å². The molecule has 1 aromatic heterocycles. The van der Waals surface area contributed by atoms with Gasteiger partial charge in [0.25, 0.3) is 5.91 Å². The van der Waals surface area contributed by atoms with Crippen molar-refractivity contribution in [1.29, 1.82) is 0 Å². The number of carbonyl (C=O) groups is 1. The molecule has 0 radical (unpaired) electrons. The number of nitrogens with one attached hydrogen (secondary N) is 1. The molecular weight excluding hydrogens is 348 g/mol. The van der Waals surface area contributed by atoms with Crippen molar-refractivity contribution in [3.05, 3.63) is 101 Å². The number of hydrogen-bond acceptors (Lipinski definition) is 3. The molecule has 3 aromatic carbocycles. The van der Waals surface area contributed by atoms with Gasteiger partial charge in [0.15, 0.2) is 0 Å². The minimum absolute atomic E-state index is 0.254. The fourth-order valence-corrected chi connectivity index (χ4v) is 3.03. The Morgan fingerprint density at radius 3 is 2.50 bits per heavy atom. The molecule has 0 fully saturated rings. The quantitative estimate of drug-likeness (QED) is 0.516. The van der Waals surface area contributed by atoms with E-state index in [-0.39, 0.29) is 11.5 Å². The first-order chi connectivity index (χ1) is 13.6. The van der Waals surface area contributed by atoms with E-state index in [2.05, 4.69) is 10.3 Å². The molecule has 28 heavy (non-hydrogen) atoms. The van der Waals surface area contributed by atoms with Crippen LogP contribution in [0, 0.1) is 13.8 Å². The molecule has 0 aliphatic carbocycles. The van der Waals surface area contributed by atoms with Gasteiger partial charge in [0.1, 0.15) is 11.1 Å². The van der Waals surface area contributed by atoms with Crippen LogP contribution in [0.3, 0.4) is 0 Å². The highest BCUT2D eigenvalue weighted by molar-refractivity contribution is 6.05. The lowest BCUT2D eigenvalue weighted by Crippen LogP contribution is -2.22. The molecule has 0 atom stereocenters. The Labute approximate surface area is 163 Å². The number of carbonyl (C=O) groups excluding carboxylic acids is 1. The van der Waals surface area contributed by atoms with Crippen LogP contribution in [0.15, 0.2) is 88.3 Å². The molecule has 1 heterocycles. The summed E-state index contributed by atoms with van der Waals surface area (Å²) in [5, 5.41) is 3.82. The van der Waals surface area contributed by atoms with Gasteiger partial charge >= 0.3 is 0 Å². The number of hydrogen-bond donors (Lipinski definition) is 1. The van der Waals surface area contributed by atoms with Crippen LogP contribution in [0.1, 0.15) is 21.5 Å². The van der Waals surface area contributed by atoms with Gasteiger partial charge in [-0.05, 0) is 55.3 Å². The Hall–Kier alpha value is -3.66. The molecule has 1 N–H and O–H groups in total. The normalized spacial score (nSPS) is 11.6. The van der Waals surface area contributed by atoms with Crippen molar-refractivity contribution in [2.45, 2.75) is 13.8 Å². The molecule has 4 rings (SSSR count). The predicted molar refractivity (Wildman–Crippen MR) is 112 cm³/mol. The maximum Gasteiger partial charge on any atom is 0.261 e. The van der Waals surface area contributed by atoms with Crippen molar-refractivity contribution < 1.29 is 9.21 Å². The van der Waals surface area contributed by atoms with Gasteiger partial charge in [-0.2, -0.15) is 0 Å². The van der Waals surface area contributed by atoms with E-state index in [0.717, 1.165) is 27.9 Å². The second-order valence-electron chi connectivity index (χ2n) is 6.72. The van der Waals surface area contributed by atoms with Crippen molar-refractivity contribution in [3.8, 4) is 0 Å². The number of anilines is 1. The Morgan fingerprint density at radius 2 is 1.68 bits per heavy atom. The minimum atomic E-state index is -0.254. The molecule has 0 saturated heterocycles. The molecule has 4 aromatic rings. The summed E-state index contributed by atoms with van der Waals surface area (Å²) in [6.45, 7) is 3.96. The van der Waals surface area contributed by atoms with Crippen LogP contribution in [-0.4, -0.2) is 5.91 Å². The van der Waals surface area contributed by atoms with Crippen molar-refractivity contribution in [3.63, 3.8) is 0 Å². The monoisotopic (exact) mass is 368 g/mol. The molecule has 0 spiro atoms. The zero-order chi connectivity index (χ0) is 19.5. The zero-order valence-electron chi connectivity index (χ0n) is 15.8. The Bertz CT molecular complexity index is 1240. The highest BCUT2D eigenvalue weighted by atomic mass is 16.3. The van der Waals surface area contributed by atoms with Crippen LogP contribution in [0.2, 0.25) is 0 Å². The van der Waals surface area contributed by atoms with Gasteiger partial charge < -0.3 is 9.73 Å². The number of rotatable bonds is 3. The first-order valence-electron chi connectivity index (χ1n) is 9.11. The van der Waals surface area contributed by atoms with Gasteiger partial charge in [-0.15, -0.1) is 0 Å². The summed E-state index contributed by atoms with van der Waals surface area (Å²) in [5.41, 5.74) is 4.95. The number of benzene rings is 3. The second-order valence-corrected chi connectivity index (χ2v) is 6.72. The summed E-state index contributed by atoms with van der Waals surface area (Å²) in [4.78, 5) is 17.7. The van der Waals surface area contributed by atoms with E-state index in [0.29, 0.717) is 11.1 Å².